The van der Waals surface area contributed by atoms with Gasteiger partial charge in [0.2, 0.25) is 5.91 Å². The molecule has 0 spiro atoms. The molecule has 2 N–H and O–H groups in total. The summed E-state index contributed by atoms with van der Waals surface area (Å²) in [5.41, 5.74) is 9.25. The second kappa shape index (κ2) is 10.9. The lowest BCUT2D eigenvalue weighted by Gasteiger charge is -2.28. The van der Waals surface area contributed by atoms with Crippen molar-refractivity contribution in [1.82, 2.24) is 9.80 Å². The van der Waals surface area contributed by atoms with Crippen LogP contribution in [0.5, 0.6) is 0 Å². The lowest BCUT2D eigenvalue weighted by molar-refractivity contribution is -0.121. The Hall–Kier alpha value is -2.77. The van der Waals surface area contributed by atoms with E-state index in [1.807, 2.05) is 28.0 Å². The van der Waals surface area contributed by atoms with E-state index in [4.69, 9.17) is 5.73 Å². The zero-order valence-electron chi connectivity index (χ0n) is 20.1. The fourth-order valence-electron chi connectivity index (χ4n) is 5.30. The number of anilines is 1. The first-order valence-corrected chi connectivity index (χ1v) is 13.5. The van der Waals surface area contributed by atoms with Crippen LogP contribution in [0, 0.1) is 0 Å². The molecule has 2 aromatic carbocycles. The quantitative estimate of drug-likeness (QED) is 0.603. The van der Waals surface area contributed by atoms with Crippen molar-refractivity contribution in [1.29, 1.82) is 0 Å². The maximum absolute atomic E-state index is 13.0. The van der Waals surface area contributed by atoms with E-state index in [1.54, 1.807) is 0 Å². The van der Waals surface area contributed by atoms with Crippen LogP contribution in [-0.4, -0.2) is 52.7 Å². The summed E-state index contributed by atoms with van der Waals surface area (Å²) in [5, 5.41) is -0.453. The van der Waals surface area contributed by atoms with E-state index in [0.29, 0.717) is 13.0 Å². The fourth-order valence-corrected chi connectivity index (χ4v) is 6.46. The number of hydrogen-bond acceptors (Lipinski definition) is 5. The summed E-state index contributed by atoms with van der Waals surface area (Å²) < 4.78 is 0. The predicted molar refractivity (Wildman–Crippen MR) is 142 cm³/mol. The first kappa shape index (κ1) is 23.9. The molecule has 2 saturated heterocycles. The van der Waals surface area contributed by atoms with Gasteiger partial charge in [-0.25, -0.2) is 0 Å². The number of likely N-dealkylation sites (tertiary alicyclic amines) is 1. The number of aryl methyl sites for hydroxylation is 1. The van der Waals surface area contributed by atoms with Gasteiger partial charge in [0.05, 0.1) is 6.04 Å². The number of primary amides is 1. The smallest absolute Gasteiger partial charge is 0.250 e. The Labute approximate surface area is 212 Å². The van der Waals surface area contributed by atoms with E-state index in [2.05, 4.69) is 47.5 Å². The lowest BCUT2D eigenvalue weighted by Crippen LogP contribution is -2.44. The molecule has 0 aliphatic carbocycles. The van der Waals surface area contributed by atoms with Gasteiger partial charge in [-0.1, -0.05) is 60.6 Å². The fraction of sp³-hybridized carbons (Fsp3) is 0.429. The molecule has 2 amide bonds. The van der Waals surface area contributed by atoms with E-state index in [-0.39, 0.29) is 17.9 Å². The molecule has 6 nitrogen and oxygen atoms in total. The Morgan fingerprint density at radius 1 is 0.943 bits per heavy atom. The molecule has 0 aromatic heterocycles. The van der Waals surface area contributed by atoms with Crippen molar-refractivity contribution in [2.24, 2.45) is 5.73 Å². The Balaban J connectivity index is 1.23. The van der Waals surface area contributed by atoms with Crippen LogP contribution < -0.4 is 10.6 Å². The van der Waals surface area contributed by atoms with Crippen molar-refractivity contribution in [3.8, 4) is 0 Å². The zero-order valence-corrected chi connectivity index (χ0v) is 21.0. The van der Waals surface area contributed by atoms with Gasteiger partial charge in [-0.15, -0.1) is 0 Å². The molecule has 7 heteroatoms. The van der Waals surface area contributed by atoms with Crippen LogP contribution in [0.2, 0.25) is 0 Å². The molecule has 2 aromatic rings. The molecular formula is C28H34N4O2S. The van der Waals surface area contributed by atoms with Gasteiger partial charge in [-0.05, 0) is 62.0 Å². The summed E-state index contributed by atoms with van der Waals surface area (Å²) in [5.74, 6) is -0.257. The van der Waals surface area contributed by atoms with Crippen LogP contribution in [0.25, 0.3) is 0 Å². The summed E-state index contributed by atoms with van der Waals surface area (Å²) in [6, 6.07) is 18.7. The van der Waals surface area contributed by atoms with E-state index in [0.717, 1.165) is 30.0 Å². The largest absolute Gasteiger partial charge is 0.367 e. The monoisotopic (exact) mass is 490 g/mol. The van der Waals surface area contributed by atoms with Crippen LogP contribution in [0.4, 0.5) is 5.69 Å². The topological polar surface area (TPSA) is 69.9 Å². The lowest BCUT2D eigenvalue weighted by atomic mass is 10.1. The van der Waals surface area contributed by atoms with Crippen molar-refractivity contribution in [3.63, 3.8) is 0 Å². The number of rotatable bonds is 8. The second-order valence-corrected chi connectivity index (χ2v) is 11.0. The standard InChI is InChI=1S/C28H34N4O2S/c29-27(34)28-32(20-25(35-28)14-11-21-7-3-1-4-8-21)24-17-26(33)31(19-24)23-12-9-22(10-13-23)18-30-15-5-2-6-16-30/h1,3-4,7-10,12-13,20,24,28H,2,5-6,11,14-19H2,(H2,29,34). The third-order valence-corrected chi connectivity index (χ3v) is 8.51. The van der Waals surface area contributed by atoms with Crippen LogP contribution in [-0.2, 0) is 22.6 Å². The maximum atomic E-state index is 13.0. The van der Waals surface area contributed by atoms with Crippen LogP contribution >= 0.6 is 11.8 Å². The van der Waals surface area contributed by atoms with Gasteiger partial charge in [0.15, 0.2) is 5.37 Å². The highest BCUT2D eigenvalue weighted by Crippen LogP contribution is 2.39. The number of carbonyl (C=O) groups excluding carboxylic acids is 2. The minimum Gasteiger partial charge on any atom is -0.367 e. The van der Waals surface area contributed by atoms with Crippen molar-refractivity contribution < 1.29 is 9.59 Å². The number of benzene rings is 2. The summed E-state index contributed by atoms with van der Waals surface area (Å²) >= 11 is 1.53. The number of carbonyl (C=O) groups is 2. The number of hydrogen-bond donors (Lipinski definition) is 1. The molecule has 0 saturated carbocycles. The van der Waals surface area contributed by atoms with Crippen LogP contribution in [0.1, 0.15) is 43.2 Å². The number of nitrogens with zero attached hydrogens (tertiary/aromatic N) is 3. The van der Waals surface area contributed by atoms with E-state index < -0.39 is 5.37 Å². The molecule has 2 unspecified atom stereocenters. The van der Waals surface area contributed by atoms with Crippen LogP contribution in [0.15, 0.2) is 65.7 Å². The van der Waals surface area contributed by atoms with Gasteiger partial charge in [0.1, 0.15) is 0 Å². The highest BCUT2D eigenvalue weighted by molar-refractivity contribution is 8.04. The van der Waals surface area contributed by atoms with Crippen LogP contribution in [0.3, 0.4) is 0 Å². The molecule has 0 bridgehead atoms. The molecule has 5 rings (SSSR count). The summed E-state index contributed by atoms with van der Waals surface area (Å²) in [6.45, 7) is 3.88. The number of allylic oxidation sites excluding steroid dienone is 1. The van der Waals surface area contributed by atoms with Gasteiger partial charge >= 0.3 is 0 Å². The Bertz CT molecular complexity index is 1070. The van der Waals surface area contributed by atoms with E-state index in [1.165, 1.54) is 55.2 Å². The van der Waals surface area contributed by atoms with Gasteiger partial charge in [0, 0.05) is 36.3 Å². The summed E-state index contributed by atoms with van der Waals surface area (Å²) in [4.78, 5) is 32.7. The van der Waals surface area contributed by atoms with Gasteiger partial charge in [-0.3, -0.25) is 14.5 Å². The number of amides is 2. The van der Waals surface area contributed by atoms with Crippen molar-refractivity contribution in [2.45, 2.75) is 56.5 Å². The maximum Gasteiger partial charge on any atom is 0.250 e. The number of piperidine rings is 1. The SMILES string of the molecule is NC(=O)C1SC(CCc2ccccc2)=CN1C1CC(=O)N(c2ccc(CN3CCCCC3)cc2)C1. The summed E-state index contributed by atoms with van der Waals surface area (Å²) in [7, 11) is 0. The molecule has 3 aliphatic rings. The first-order valence-electron chi connectivity index (χ1n) is 12.7. The molecule has 184 valence electrons. The Morgan fingerprint density at radius 3 is 2.40 bits per heavy atom. The highest BCUT2D eigenvalue weighted by atomic mass is 32.2. The molecule has 3 aliphatic heterocycles. The average molecular weight is 491 g/mol. The number of thioether (sulfide) groups is 1. The third-order valence-electron chi connectivity index (χ3n) is 7.20. The highest BCUT2D eigenvalue weighted by Gasteiger charge is 2.40. The number of nitrogens with two attached hydrogens (primary N) is 1. The molecule has 2 fully saturated rings. The normalized spacial score (nSPS) is 23.1. The first-order chi connectivity index (χ1) is 17.1. The van der Waals surface area contributed by atoms with E-state index in [9.17, 15) is 9.59 Å². The predicted octanol–water partition coefficient (Wildman–Crippen LogP) is 4.11. The molecule has 35 heavy (non-hydrogen) atoms. The minimum atomic E-state index is -0.453. The zero-order chi connectivity index (χ0) is 24.2. The summed E-state index contributed by atoms with van der Waals surface area (Å²) in [6.07, 6.45) is 8.13. The minimum absolute atomic E-state index is 0.0604. The molecular weight excluding hydrogens is 456 g/mol. The second-order valence-electron chi connectivity index (χ2n) is 9.77. The van der Waals surface area contributed by atoms with Crippen molar-refractivity contribution in [2.75, 3.05) is 24.5 Å². The van der Waals surface area contributed by atoms with Crippen molar-refractivity contribution in [3.05, 3.63) is 76.8 Å². The van der Waals surface area contributed by atoms with Crippen molar-refractivity contribution >= 4 is 29.3 Å². The molecule has 3 heterocycles. The van der Waals surface area contributed by atoms with Gasteiger partial charge < -0.3 is 15.5 Å². The third kappa shape index (κ3) is 5.73. The average Bonchev–Trinajstić information content (AvgIpc) is 3.48. The van der Waals surface area contributed by atoms with E-state index >= 15 is 0 Å². The van der Waals surface area contributed by atoms with Gasteiger partial charge in [-0.2, -0.15) is 0 Å². The molecule has 2 atom stereocenters. The Morgan fingerprint density at radius 2 is 1.69 bits per heavy atom. The Kier molecular flexibility index (Phi) is 7.44. The van der Waals surface area contributed by atoms with Gasteiger partial charge in [0.25, 0.3) is 5.91 Å². The molecule has 0 radical (unpaired) electrons.